The van der Waals surface area contributed by atoms with Crippen molar-refractivity contribution in [3.8, 4) is 0 Å². The molecule has 0 aliphatic carbocycles. The predicted octanol–water partition coefficient (Wildman–Crippen LogP) is 2.95. The predicted molar refractivity (Wildman–Crippen MR) is 83.4 cm³/mol. The van der Waals surface area contributed by atoms with Crippen LogP contribution in [0.25, 0.3) is 11.0 Å². The Hall–Kier alpha value is -1.98. The highest BCUT2D eigenvalue weighted by molar-refractivity contribution is 7.90. The normalized spacial score (nSPS) is 12.5. The standard InChI is InChI=1S/C16H15N3OS/c1-11-6-5-9-17-15(11)10-21(20)16-12(2)18-13-7-3-4-8-14(13)19-16/h3-9H,10H2,1-2H3. The lowest BCUT2D eigenvalue weighted by molar-refractivity contribution is 0.588. The van der Waals surface area contributed by atoms with E-state index >= 15 is 0 Å². The van der Waals surface area contributed by atoms with Crippen LogP contribution in [0.3, 0.4) is 0 Å². The molecule has 4 nitrogen and oxygen atoms in total. The van der Waals surface area contributed by atoms with E-state index in [-0.39, 0.29) is 0 Å². The van der Waals surface area contributed by atoms with Gasteiger partial charge in [-0.25, -0.2) is 4.98 Å². The van der Waals surface area contributed by atoms with E-state index in [0.717, 1.165) is 22.3 Å². The summed E-state index contributed by atoms with van der Waals surface area (Å²) >= 11 is -1.25. The van der Waals surface area contributed by atoms with E-state index in [1.807, 2.05) is 50.2 Å². The average Bonchev–Trinajstić information content (AvgIpc) is 2.49. The number of hydrogen-bond donors (Lipinski definition) is 0. The average molecular weight is 297 g/mol. The first-order valence-electron chi connectivity index (χ1n) is 6.67. The summed E-state index contributed by atoms with van der Waals surface area (Å²) in [4.78, 5) is 13.3. The summed E-state index contributed by atoms with van der Waals surface area (Å²) in [5.41, 5.74) is 4.18. The highest BCUT2D eigenvalue weighted by atomic mass is 32.2. The van der Waals surface area contributed by atoms with E-state index in [0.29, 0.717) is 16.5 Å². The van der Waals surface area contributed by atoms with Crippen LogP contribution in [0.15, 0.2) is 47.6 Å². The molecular weight excluding hydrogens is 282 g/mol. The van der Waals surface area contributed by atoms with Gasteiger partial charge in [-0.05, 0) is 37.6 Å². The monoisotopic (exact) mass is 297 g/mol. The van der Waals surface area contributed by atoms with Gasteiger partial charge >= 0.3 is 0 Å². The van der Waals surface area contributed by atoms with Crippen molar-refractivity contribution >= 4 is 22.2 Å². The molecule has 5 heteroatoms. The van der Waals surface area contributed by atoms with Crippen LogP contribution in [0, 0.1) is 13.8 Å². The smallest absolute Gasteiger partial charge is 0.266 e. The lowest BCUT2D eigenvalue weighted by atomic mass is 10.2. The zero-order valence-corrected chi connectivity index (χ0v) is 12.7. The van der Waals surface area contributed by atoms with E-state index in [9.17, 15) is 4.55 Å². The Kier molecular flexibility index (Phi) is 3.86. The molecule has 0 bridgehead atoms. The van der Waals surface area contributed by atoms with Crippen LogP contribution in [-0.2, 0) is 16.9 Å². The number of aromatic nitrogens is 3. The first-order chi connectivity index (χ1) is 10.1. The highest BCUT2D eigenvalue weighted by Crippen LogP contribution is 2.20. The fourth-order valence-corrected chi connectivity index (χ4v) is 3.41. The molecule has 0 aliphatic rings. The topological polar surface area (TPSA) is 61.7 Å². The van der Waals surface area contributed by atoms with Gasteiger partial charge in [0.2, 0.25) is 0 Å². The molecule has 0 fully saturated rings. The lowest BCUT2D eigenvalue weighted by Gasteiger charge is -2.12. The number of rotatable bonds is 3. The van der Waals surface area contributed by atoms with E-state index in [4.69, 9.17) is 0 Å². The summed E-state index contributed by atoms with van der Waals surface area (Å²) in [6, 6.07) is 11.5. The van der Waals surface area contributed by atoms with Crippen LogP contribution in [0.5, 0.6) is 0 Å². The van der Waals surface area contributed by atoms with Gasteiger partial charge in [0, 0.05) is 17.4 Å². The van der Waals surface area contributed by atoms with Gasteiger partial charge in [-0.2, -0.15) is 4.98 Å². The molecule has 106 valence electrons. The Bertz CT molecular complexity index is 791. The number of para-hydroxylation sites is 2. The Labute approximate surface area is 126 Å². The summed E-state index contributed by atoms with van der Waals surface area (Å²) in [5, 5.41) is 0.541. The first kappa shape index (κ1) is 14.0. The molecule has 0 N–H and O–H groups in total. The Morgan fingerprint density at radius 3 is 2.43 bits per heavy atom. The SMILES string of the molecule is Cc1cccnc1C[S+]([O-])c1nc2ccccc2nc1C. The third kappa shape index (κ3) is 2.89. The minimum absolute atomic E-state index is 0.362. The maximum atomic E-state index is 12.6. The first-order valence-corrected chi connectivity index (χ1v) is 7.99. The Balaban J connectivity index is 1.96. The van der Waals surface area contributed by atoms with Crippen LogP contribution in [-0.4, -0.2) is 19.5 Å². The molecule has 0 radical (unpaired) electrons. The number of aryl methyl sites for hydroxylation is 2. The van der Waals surface area contributed by atoms with Crippen LogP contribution in [0.2, 0.25) is 0 Å². The summed E-state index contributed by atoms with van der Waals surface area (Å²) in [7, 11) is 0. The Morgan fingerprint density at radius 2 is 1.71 bits per heavy atom. The molecule has 0 saturated heterocycles. The fraction of sp³-hybridized carbons (Fsp3) is 0.188. The van der Waals surface area contributed by atoms with E-state index in [1.165, 1.54) is 0 Å². The van der Waals surface area contributed by atoms with Gasteiger partial charge in [0.1, 0.15) is 5.69 Å². The van der Waals surface area contributed by atoms with Crippen molar-refractivity contribution in [3.63, 3.8) is 0 Å². The van der Waals surface area contributed by atoms with Gasteiger partial charge in [0.05, 0.1) is 16.7 Å². The van der Waals surface area contributed by atoms with Gasteiger partial charge in [-0.3, -0.25) is 4.98 Å². The van der Waals surface area contributed by atoms with Gasteiger partial charge in [-0.1, -0.05) is 18.2 Å². The Morgan fingerprint density at radius 1 is 1.00 bits per heavy atom. The fourth-order valence-electron chi connectivity index (χ4n) is 2.15. The quantitative estimate of drug-likeness (QED) is 0.697. The minimum Gasteiger partial charge on any atom is -0.610 e. The van der Waals surface area contributed by atoms with E-state index in [1.54, 1.807) is 6.20 Å². The van der Waals surface area contributed by atoms with Gasteiger partial charge < -0.3 is 4.55 Å². The molecule has 0 spiro atoms. The second kappa shape index (κ2) is 5.79. The molecule has 3 aromatic rings. The largest absolute Gasteiger partial charge is 0.610 e. The molecule has 0 amide bonds. The molecule has 21 heavy (non-hydrogen) atoms. The van der Waals surface area contributed by atoms with Crippen molar-refractivity contribution in [2.45, 2.75) is 24.6 Å². The summed E-state index contributed by atoms with van der Waals surface area (Å²) in [6.45, 7) is 3.82. The molecule has 2 aromatic heterocycles. The lowest BCUT2D eigenvalue weighted by Crippen LogP contribution is -2.12. The number of pyridine rings is 1. The van der Waals surface area contributed by atoms with Gasteiger partial charge in [0.25, 0.3) is 5.03 Å². The molecule has 2 heterocycles. The molecule has 0 saturated carbocycles. The number of benzene rings is 1. The van der Waals surface area contributed by atoms with Crippen LogP contribution >= 0.6 is 0 Å². The number of nitrogens with zero attached hydrogens (tertiary/aromatic N) is 3. The van der Waals surface area contributed by atoms with Crippen LogP contribution in [0.4, 0.5) is 0 Å². The van der Waals surface area contributed by atoms with Crippen molar-refractivity contribution in [3.05, 3.63) is 59.5 Å². The van der Waals surface area contributed by atoms with Crippen LogP contribution < -0.4 is 0 Å². The molecular formula is C16H15N3OS. The maximum Gasteiger partial charge on any atom is 0.266 e. The minimum atomic E-state index is -1.25. The molecule has 3 rings (SSSR count). The molecule has 1 aromatic carbocycles. The second-order valence-electron chi connectivity index (χ2n) is 4.86. The summed E-state index contributed by atoms with van der Waals surface area (Å²) < 4.78 is 12.6. The zero-order chi connectivity index (χ0) is 14.8. The zero-order valence-electron chi connectivity index (χ0n) is 11.9. The third-order valence-corrected chi connectivity index (χ3v) is 4.66. The van der Waals surface area contributed by atoms with Crippen molar-refractivity contribution in [1.82, 2.24) is 15.0 Å². The number of fused-ring (bicyclic) bond motifs is 1. The van der Waals surface area contributed by atoms with Crippen molar-refractivity contribution < 1.29 is 4.55 Å². The summed E-state index contributed by atoms with van der Waals surface area (Å²) in [5.74, 6) is 0.362. The second-order valence-corrected chi connectivity index (χ2v) is 6.23. The van der Waals surface area contributed by atoms with Crippen molar-refractivity contribution in [1.29, 1.82) is 0 Å². The third-order valence-electron chi connectivity index (χ3n) is 3.30. The van der Waals surface area contributed by atoms with E-state index in [2.05, 4.69) is 15.0 Å². The highest BCUT2D eigenvalue weighted by Gasteiger charge is 2.20. The maximum absolute atomic E-state index is 12.6. The molecule has 1 unspecified atom stereocenters. The van der Waals surface area contributed by atoms with Crippen molar-refractivity contribution in [2.75, 3.05) is 0 Å². The van der Waals surface area contributed by atoms with E-state index < -0.39 is 11.2 Å². The van der Waals surface area contributed by atoms with Crippen LogP contribution in [0.1, 0.15) is 17.0 Å². The van der Waals surface area contributed by atoms with Gasteiger partial charge in [-0.15, -0.1) is 0 Å². The number of hydrogen-bond acceptors (Lipinski definition) is 4. The van der Waals surface area contributed by atoms with Crippen molar-refractivity contribution in [2.24, 2.45) is 0 Å². The summed E-state index contributed by atoms with van der Waals surface area (Å²) in [6.07, 6.45) is 1.72. The molecule has 0 aliphatic heterocycles. The van der Waals surface area contributed by atoms with Gasteiger partial charge in [0.15, 0.2) is 5.75 Å². The molecule has 1 atom stereocenters.